The molecule has 1 amide bonds. The van der Waals surface area contributed by atoms with E-state index in [1.54, 1.807) is 30.3 Å². The molecular weight excluding hydrogens is 576 g/mol. The van der Waals surface area contributed by atoms with Crippen molar-refractivity contribution in [2.75, 3.05) is 5.01 Å². The van der Waals surface area contributed by atoms with Crippen LogP contribution >= 0.6 is 27.5 Å². The summed E-state index contributed by atoms with van der Waals surface area (Å²) in [4.78, 5) is 13.5. The summed E-state index contributed by atoms with van der Waals surface area (Å²) in [5.74, 6) is -0.291. The van der Waals surface area contributed by atoms with Gasteiger partial charge in [0, 0.05) is 20.6 Å². The fraction of sp³-hybridized carbons (Fsp3) is 0. The molecule has 184 valence electrons. The number of carbonyl (C=O) groups excluding carboxylic acids is 1. The van der Waals surface area contributed by atoms with Crippen molar-refractivity contribution in [1.29, 1.82) is 0 Å². The number of amides is 1. The predicted molar refractivity (Wildman–Crippen MR) is 148 cm³/mol. The molecule has 0 N–H and O–H groups in total. The summed E-state index contributed by atoms with van der Waals surface area (Å²) in [6.07, 6.45) is 1.59. The van der Waals surface area contributed by atoms with Crippen molar-refractivity contribution in [3.8, 4) is 5.75 Å². The number of carbonyl (C=O) groups is 1. The van der Waals surface area contributed by atoms with Crippen molar-refractivity contribution < 1.29 is 17.4 Å². The summed E-state index contributed by atoms with van der Waals surface area (Å²) >= 11 is 9.33. The molecule has 5 rings (SSSR count). The Bertz CT molecular complexity index is 1640. The minimum absolute atomic E-state index is 0.0443. The summed E-state index contributed by atoms with van der Waals surface area (Å²) in [7, 11) is -4.16. The molecule has 0 aliphatic carbocycles. The van der Waals surface area contributed by atoms with Gasteiger partial charge < -0.3 is 4.18 Å². The van der Waals surface area contributed by atoms with Crippen LogP contribution in [0.15, 0.2) is 123 Å². The van der Waals surface area contributed by atoms with Gasteiger partial charge in [0.2, 0.25) is 0 Å². The highest BCUT2D eigenvalue weighted by molar-refractivity contribution is 9.10. The molecule has 9 heteroatoms. The quantitative estimate of drug-likeness (QED) is 0.184. The molecule has 4 aromatic rings. The molecule has 0 saturated carbocycles. The van der Waals surface area contributed by atoms with Gasteiger partial charge in [0.05, 0.1) is 11.3 Å². The first-order chi connectivity index (χ1) is 17.8. The Hall–Kier alpha value is -3.72. The molecule has 0 bridgehead atoms. The SMILES string of the molecule is O=C1/C(=C\c2cc(Br)ccc2OS(=O)(=O)c2ccc(Cl)cc2)C(c2ccccc2)=NN1c1ccccc1. The van der Waals surface area contributed by atoms with Gasteiger partial charge in [-0.25, -0.2) is 0 Å². The van der Waals surface area contributed by atoms with Crippen LogP contribution in [0.3, 0.4) is 0 Å². The van der Waals surface area contributed by atoms with Crippen LogP contribution in [-0.2, 0) is 14.9 Å². The topological polar surface area (TPSA) is 76.0 Å². The standard InChI is InChI=1S/C28H18BrClN2O4S/c29-21-11-16-26(36-37(34,35)24-14-12-22(30)13-15-24)20(17-21)18-25-27(19-7-3-1-4-8-19)31-32(28(25)33)23-9-5-2-6-10-23/h1-18H/b25-18-. The lowest BCUT2D eigenvalue weighted by Crippen LogP contribution is -2.21. The van der Waals surface area contributed by atoms with Crippen molar-refractivity contribution in [2.24, 2.45) is 5.10 Å². The number of nitrogens with zero attached hydrogens (tertiary/aromatic N) is 2. The van der Waals surface area contributed by atoms with E-state index in [9.17, 15) is 13.2 Å². The molecule has 37 heavy (non-hydrogen) atoms. The van der Waals surface area contributed by atoms with Gasteiger partial charge in [0.1, 0.15) is 16.4 Å². The average molecular weight is 594 g/mol. The first-order valence-corrected chi connectivity index (χ1v) is 13.6. The number of rotatable bonds is 6. The van der Waals surface area contributed by atoms with Gasteiger partial charge in [-0.2, -0.15) is 18.5 Å². The van der Waals surface area contributed by atoms with Gasteiger partial charge in [0.15, 0.2) is 0 Å². The van der Waals surface area contributed by atoms with Gasteiger partial charge in [-0.05, 0) is 60.7 Å². The van der Waals surface area contributed by atoms with E-state index in [1.165, 1.54) is 35.3 Å². The van der Waals surface area contributed by atoms with Crippen LogP contribution in [0, 0.1) is 0 Å². The Morgan fingerprint density at radius 3 is 2.19 bits per heavy atom. The molecule has 0 atom stereocenters. The Labute approximate surface area is 227 Å². The normalized spacial score (nSPS) is 14.6. The number of anilines is 1. The maximum Gasteiger partial charge on any atom is 0.339 e. The fourth-order valence-electron chi connectivity index (χ4n) is 3.73. The van der Waals surface area contributed by atoms with Crippen molar-refractivity contribution in [3.05, 3.63) is 129 Å². The number of halogens is 2. The van der Waals surface area contributed by atoms with Crippen molar-refractivity contribution in [1.82, 2.24) is 0 Å². The molecule has 0 saturated heterocycles. The molecule has 1 aliphatic rings. The van der Waals surface area contributed by atoms with E-state index in [0.717, 1.165) is 5.56 Å². The zero-order valence-electron chi connectivity index (χ0n) is 19.1. The second-order valence-corrected chi connectivity index (χ2v) is 10.9. The smallest absolute Gasteiger partial charge is 0.339 e. The predicted octanol–water partition coefficient (Wildman–Crippen LogP) is 6.70. The number of benzene rings is 4. The highest BCUT2D eigenvalue weighted by Crippen LogP contribution is 2.32. The summed E-state index contributed by atoms with van der Waals surface area (Å²) < 4.78 is 32.1. The summed E-state index contributed by atoms with van der Waals surface area (Å²) in [5, 5.41) is 6.36. The Morgan fingerprint density at radius 2 is 1.51 bits per heavy atom. The van der Waals surface area contributed by atoms with Crippen LogP contribution in [0.25, 0.3) is 6.08 Å². The molecule has 0 spiro atoms. The van der Waals surface area contributed by atoms with E-state index < -0.39 is 10.1 Å². The Balaban J connectivity index is 1.60. The van der Waals surface area contributed by atoms with Crippen molar-refractivity contribution in [3.63, 3.8) is 0 Å². The summed E-state index contributed by atoms with van der Waals surface area (Å²) in [5.41, 5.74) is 2.49. The lowest BCUT2D eigenvalue weighted by Gasteiger charge is -2.12. The lowest BCUT2D eigenvalue weighted by atomic mass is 10.00. The van der Waals surface area contributed by atoms with Crippen LogP contribution in [-0.4, -0.2) is 20.0 Å². The van der Waals surface area contributed by atoms with E-state index in [0.29, 0.717) is 32.0 Å². The van der Waals surface area contributed by atoms with Gasteiger partial charge in [0.25, 0.3) is 5.91 Å². The zero-order chi connectivity index (χ0) is 26.0. The van der Waals surface area contributed by atoms with E-state index >= 15 is 0 Å². The number of para-hydroxylation sites is 1. The van der Waals surface area contributed by atoms with Crippen molar-refractivity contribution >= 4 is 61.0 Å². The Morgan fingerprint density at radius 1 is 0.865 bits per heavy atom. The second kappa shape index (κ2) is 10.3. The minimum Gasteiger partial charge on any atom is -0.378 e. The Kier molecular flexibility index (Phi) is 6.97. The average Bonchev–Trinajstić information content (AvgIpc) is 3.22. The summed E-state index contributed by atoms with van der Waals surface area (Å²) in [6, 6.07) is 28.9. The van der Waals surface area contributed by atoms with Crippen molar-refractivity contribution in [2.45, 2.75) is 4.90 Å². The third-order valence-corrected chi connectivity index (χ3v) is 7.49. The molecular formula is C28H18BrClN2O4S. The second-order valence-electron chi connectivity index (χ2n) is 8.00. The third kappa shape index (κ3) is 5.36. The molecule has 0 fully saturated rings. The minimum atomic E-state index is -4.16. The van der Waals surface area contributed by atoms with Crippen LogP contribution in [0.4, 0.5) is 5.69 Å². The lowest BCUT2D eigenvalue weighted by molar-refractivity contribution is -0.114. The summed E-state index contributed by atoms with van der Waals surface area (Å²) in [6.45, 7) is 0. The molecule has 1 heterocycles. The first-order valence-electron chi connectivity index (χ1n) is 11.1. The highest BCUT2D eigenvalue weighted by atomic mass is 79.9. The van der Waals surface area contributed by atoms with Crippen LogP contribution < -0.4 is 9.19 Å². The van der Waals surface area contributed by atoms with Crippen LogP contribution in [0.5, 0.6) is 5.75 Å². The van der Waals surface area contributed by atoms with E-state index in [1.807, 2.05) is 48.5 Å². The van der Waals surface area contributed by atoms with Crippen LogP contribution in [0.1, 0.15) is 11.1 Å². The maximum atomic E-state index is 13.6. The maximum absolute atomic E-state index is 13.6. The first kappa shape index (κ1) is 25.0. The number of hydrogen-bond acceptors (Lipinski definition) is 5. The van der Waals surface area contributed by atoms with Gasteiger partial charge in [-0.15, -0.1) is 0 Å². The van der Waals surface area contributed by atoms with E-state index in [4.69, 9.17) is 15.8 Å². The third-order valence-electron chi connectivity index (χ3n) is 5.50. The molecule has 6 nitrogen and oxygen atoms in total. The molecule has 1 aliphatic heterocycles. The van der Waals surface area contributed by atoms with E-state index in [2.05, 4.69) is 21.0 Å². The fourth-order valence-corrected chi connectivity index (χ4v) is 5.19. The van der Waals surface area contributed by atoms with Gasteiger partial charge >= 0.3 is 10.1 Å². The van der Waals surface area contributed by atoms with E-state index in [-0.39, 0.29) is 16.6 Å². The molecule has 4 aromatic carbocycles. The molecule has 0 unspecified atom stereocenters. The zero-order valence-corrected chi connectivity index (χ0v) is 22.2. The molecule has 0 aromatic heterocycles. The van der Waals surface area contributed by atoms with Crippen LogP contribution in [0.2, 0.25) is 5.02 Å². The van der Waals surface area contributed by atoms with Gasteiger partial charge in [-0.3, -0.25) is 4.79 Å². The number of hydrazone groups is 1. The molecule has 0 radical (unpaired) electrons. The largest absolute Gasteiger partial charge is 0.378 e. The monoisotopic (exact) mass is 592 g/mol. The highest BCUT2D eigenvalue weighted by Gasteiger charge is 2.32. The van der Waals surface area contributed by atoms with Gasteiger partial charge in [-0.1, -0.05) is 76.1 Å². The number of hydrogen-bond donors (Lipinski definition) is 0.